The van der Waals surface area contributed by atoms with Gasteiger partial charge >= 0.3 is 0 Å². The maximum absolute atomic E-state index is 9.23. The van der Waals surface area contributed by atoms with Crippen LogP contribution < -0.4 is 0 Å². The van der Waals surface area contributed by atoms with Crippen molar-refractivity contribution in [3.05, 3.63) is 35.9 Å². The Bertz CT molecular complexity index is 443. The predicted octanol–water partition coefficient (Wildman–Crippen LogP) is 2.75. The van der Waals surface area contributed by atoms with Gasteiger partial charge in [0, 0.05) is 12.5 Å². The summed E-state index contributed by atoms with van der Waals surface area (Å²) in [4.78, 5) is 2.34. The van der Waals surface area contributed by atoms with Gasteiger partial charge in [0.1, 0.15) is 0 Å². The lowest BCUT2D eigenvalue weighted by Crippen LogP contribution is -2.42. The van der Waals surface area contributed by atoms with Crippen LogP contribution in [-0.4, -0.2) is 28.9 Å². The molecular formula is C15H20N2O. The van der Waals surface area contributed by atoms with Crippen molar-refractivity contribution in [2.45, 2.75) is 31.8 Å². The molecule has 1 N–H and O–H groups in total. The molecule has 2 fully saturated rings. The summed E-state index contributed by atoms with van der Waals surface area (Å²) in [5, 5.41) is 12.8. The van der Waals surface area contributed by atoms with Crippen molar-refractivity contribution >= 4 is 5.71 Å². The molecule has 3 rings (SSSR count). The lowest BCUT2D eigenvalue weighted by atomic mass is 9.92. The Morgan fingerprint density at radius 1 is 1.28 bits per heavy atom. The summed E-state index contributed by atoms with van der Waals surface area (Å²) in [6.07, 6.45) is 3.70. The molecule has 96 valence electrons. The molecule has 0 saturated heterocycles. The van der Waals surface area contributed by atoms with E-state index in [1.54, 1.807) is 0 Å². The highest BCUT2D eigenvalue weighted by atomic mass is 16.4. The molecule has 0 amide bonds. The predicted molar refractivity (Wildman–Crippen MR) is 71.7 cm³/mol. The molecule has 0 aliphatic heterocycles. The molecule has 3 heteroatoms. The third kappa shape index (κ3) is 1.93. The van der Waals surface area contributed by atoms with Gasteiger partial charge in [-0.05, 0) is 37.8 Å². The van der Waals surface area contributed by atoms with E-state index in [0.717, 1.165) is 12.3 Å². The van der Waals surface area contributed by atoms with Crippen LogP contribution >= 0.6 is 0 Å². The monoisotopic (exact) mass is 244 g/mol. The molecule has 0 aromatic heterocycles. The lowest BCUT2D eigenvalue weighted by Gasteiger charge is -2.31. The Balaban J connectivity index is 1.75. The minimum Gasteiger partial charge on any atom is -0.411 e. The highest BCUT2D eigenvalue weighted by Crippen LogP contribution is 2.44. The molecule has 2 aliphatic rings. The minimum atomic E-state index is 0.342. The van der Waals surface area contributed by atoms with E-state index in [2.05, 4.69) is 41.4 Å². The number of oxime groups is 1. The molecule has 18 heavy (non-hydrogen) atoms. The molecule has 2 saturated carbocycles. The van der Waals surface area contributed by atoms with Crippen molar-refractivity contribution in [2.24, 2.45) is 17.0 Å². The van der Waals surface area contributed by atoms with Crippen molar-refractivity contribution in [1.29, 1.82) is 0 Å². The summed E-state index contributed by atoms with van der Waals surface area (Å²) in [5.74, 6) is 1.22. The fraction of sp³-hybridized carbons (Fsp3) is 0.533. The zero-order chi connectivity index (χ0) is 12.5. The molecule has 1 aromatic carbocycles. The van der Waals surface area contributed by atoms with E-state index in [9.17, 15) is 5.21 Å². The van der Waals surface area contributed by atoms with E-state index in [4.69, 9.17) is 0 Å². The molecule has 2 bridgehead atoms. The Hall–Kier alpha value is -1.35. The average molecular weight is 244 g/mol. The molecule has 3 nitrogen and oxygen atoms in total. The summed E-state index contributed by atoms with van der Waals surface area (Å²) in [5.41, 5.74) is 2.34. The van der Waals surface area contributed by atoms with E-state index < -0.39 is 0 Å². The Morgan fingerprint density at radius 3 is 2.78 bits per heavy atom. The maximum atomic E-state index is 9.23. The first-order valence-corrected chi connectivity index (χ1v) is 6.75. The molecular weight excluding hydrogens is 224 g/mol. The van der Waals surface area contributed by atoms with Crippen molar-refractivity contribution < 1.29 is 5.21 Å². The van der Waals surface area contributed by atoms with Crippen LogP contribution in [0.3, 0.4) is 0 Å². The highest BCUT2D eigenvalue weighted by molar-refractivity contribution is 5.94. The van der Waals surface area contributed by atoms with Gasteiger partial charge < -0.3 is 5.21 Å². The van der Waals surface area contributed by atoms with Crippen LogP contribution in [0, 0.1) is 11.8 Å². The Labute approximate surface area is 108 Å². The Kier molecular flexibility index (Phi) is 3.08. The van der Waals surface area contributed by atoms with Crippen LogP contribution in [0.2, 0.25) is 0 Å². The minimum absolute atomic E-state index is 0.342. The van der Waals surface area contributed by atoms with Crippen molar-refractivity contribution in [3.8, 4) is 0 Å². The van der Waals surface area contributed by atoms with Gasteiger partial charge in [0.2, 0.25) is 0 Å². The summed E-state index contributed by atoms with van der Waals surface area (Å²) in [7, 11) is 2.14. The van der Waals surface area contributed by atoms with Gasteiger partial charge in [-0.15, -0.1) is 0 Å². The van der Waals surface area contributed by atoms with Crippen LogP contribution in [0.5, 0.6) is 0 Å². The van der Waals surface area contributed by atoms with Crippen LogP contribution in [-0.2, 0) is 6.54 Å². The molecule has 2 aliphatic carbocycles. The molecule has 0 radical (unpaired) electrons. The van der Waals surface area contributed by atoms with E-state index >= 15 is 0 Å². The summed E-state index contributed by atoms with van der Waals surface area (Å²) in [6.45, 7) is 0.924. The fourth-order valence-electron chi connectivity index (χ4n) is 3.75. The molecule has 0 unspecified atom stereocenters. The third-order valence-corrected chi connectivity index (χ3v) is 4.51. The smallest absolute Gasteiger partial charge is 0.0775 e. The van der Waals surface area contributed by atoms with E-state index in [1.807, 2.05) is 6.07 Å². The van der Waals surface area contributed by atoms with Crippen molar-refractivity contribution in [2.75, 3.05) is 7.05 Å². The van der Waals surface area contributed by atoms with Gasteiger partial charge in [-0.3, -0.25) is 4.90 Å². The first-order chi connectivity index (χ1) is 8.79. The summed E-state index contributed by atoms with van der Waals surface area (Å²) < 4.78 is 0. The summed E-state index contributed by atoms with van der Waals surface area (Å²) in [6, 6.07) is 10.8. The van der Waals surface area contributed by atoms with Gasteiger partial charge in [-0.1, -0.05) is 35.5 Å². The number of fused-ring (bicyclic) bond motifs is 2. The molecule has 0 heterocycles. The topological polar surface area (TPSA) is 35.8 Å². The number of rotatable bonds is 3. The van der Waals surface area contributed by atoms with Gasteiger partial charge in [-0.2, -0.15) is 0 Å². The number of hydrogen-bond acceptors (Lipinski definition) is 3. The van der Waals surface area contributed by atoms with Crippen molar-refractivity contribution in [3.63, 3.8) is 0 Å². The van der Waals surface area contributed by atoms with Crippen LogP contribution in [0.15, 0.2) is 35.5 Å². The van der Waals surface area contributed by atoms with E-state index in [-0.39, 0.29) is 0 Å². The van der Waals surface area contributed by atoms with Crippen LogP contribution in [0.25, 0.3) is 0 Å². The lowest BCUT2D eigenvalue weighted by molar-refractivity contribution is 0.222. The largest absolute Gasteiger partial charge is 0.411 e. The SMILES string of the molecule is CN(Cc1ccccc1)[C@@H]1/C(=N\O)[C@H]2CC[C@@H]1C2. The first kappa shape index (κ1) is 11.7. The first-order valence-electron chi connectivity index (χ1n) is 6.75. The fourth-order valence-corrected chi connectivity index (χ4v) is 3.75. The third-order valence-electron chi connectivity index (χ3n) is 4.51. The zero-order valence-corrected chi connectivity index (χ0v) is 10.8. The number of nitrogens with zero attached hydrogens (tertiary/aromatic N) is 2. The maximum Gasteiger partial charge on any atom is 0.0775 e. The Morgan fingerprint density at radius 2 is 2.06 bits per heavy atom. The van der Waals surface area contributed by atoms with Gasteiger partial charge in [0.25, 0.3) is 0 Å². The van der Waals surface area contributed by atoms with E-state index in [0.29, 0.717) is 17.9 Å². The second kappa shape index (κ2) is 4.73. The quantitative estimate of drug-likeness (QED) is 0.655. The second-order valence-corrected chi connectivity index (χ2v) is 5.64. The molecule has 1 aromatic rings. The highest BCUT2D eigenvalue weighted by Gasteiger charge is 2.47. The average Bonchev–Trinajstić information content (AvgIpc) is 2.99. The summed E-state index contributed by atoms with van der Waals surface area (Å²) >= 11 is 0. The van der Waals surface area contributed by atoms with Gasteiger partial charge in [0.05, 0.1) is 11.8 Å². The number of hydrogen-bond donors (Lipinski definition) is 1. The van der Waals surface area contributed by atoms with Crippen LogP contribution in [0.1, 0.15) is 24.8 Å². The normalized spacial score (nSPS) is 32.6. The molecule has 3 atom stereocenters. The van der Waals surface area contributed by atoms with Gasteiger partial charge in [-0.25, -0.2) is 0 Å². The number of benzene rings is 1. The van der Waals surface area contributed by atoms with Crippen LogP contribution in [0.4, 0.5) is 0 Å². The molecule has 0 spiro atoms. The van der Waals surface area contributed by atoms with Gasteiger partial charge in [0.15, 0.2) is 0 Å². The van der Waals surface area contributed by atoms with E-state index in [1.165, 1.54) is 24.8 Å². The van der Waals surface area contributed by atoms with Crippen molar-refractivity contribution in [1.82, 2.24) is 4.90 Å². The zero-order valence-electron chi connectivity index (χ0n) is 10.8. The standard InChI is InChI=1S/C15H20N2O/c1-17(10-11-5-3-2-4-6-11)15-13-8-7-12(9-13)14(15)16-18/h2-6,12-13,15,18H,7-10H2,1H3/b16-14-/t12-,13+,15-/m0/s1. The second-order valence-electron chi connectivity index (χ2n) is 5.64.